The molecule has 0 bridgehead atoms. The number of carbonyl (C=O) groups excluding carboxylic acids is 1. The van der Waals surface area contributed by atoms with Crippen LogP contribution in [-0.4, -0.2) is 10.9 Å². The van der Waals surface area contributed by atoms with Gasteiger partial charge in [-0.25, -0.2) is 4.98 Å². The summed E-state index contributed by atoms with van der Waals surface area (Å²) in [6.45, 7) is 3.93. The Hall–Kier alpha value is -1.68. The summed E-state index contributed by atoms with van der Waals surface area (Å²) in [4.78, 5) is 17.7. The topological polar surface area (TPSA) is 42.0 Å². The Morgan fingerprint density at radius 3 is 2.70 bits per heavy atom. The van der Waals surface area contributed by atoms with Gasteiger partial charge in [0.1, 0.15) is 4.88 Å². The number of amides is 1. The number of nitrogens with one attached hydrogen (secondary N) is 1. The van der Waals surface area contributed by atoms with Crippen molar-refractivity contribution in [3.63, 3.8) is 0 Å². The zero-order chi connectivity index (χ0) is 14.1. The molecule has 1 aromatic carbocycles. The van der Waals surface area contributed by atoms with Crippen LogP contribution in [-0.2, 0) is 0 Å². The van der Waals surface area contributed by atoms with Crippen molar-refractivity contribution < 1.29 is 4.79 Å². The number of thiazole rings is 1. The van der Waals surface area contributed by atoms with Crippen molar-refractivity contribution in [1.82, 2.24) is 10.3 Å². The summed E-state index contributed by atoms with van der Waals surface area (Å²) >= 11 is 1.55. The molecule has 1 aromatic heterocycles. The van der Waals surface area contributed by atoms with Crippen LogP contribution >= 0.6 is 11.3 Å². The molecule has 3 rings (SSSR count). The molecular weight excluding hydrogens is 268 g/mol. The summed E-state index contributed by atoms with van der Waals surface area (Å²) in [7, 11) is 0. The Kier molecular flexibility index (Phi) is 3.57. The van der Waals surface area contributed by atoms with Crippen LogP contribution in [0.3, 0.4) is 0 Å². The molecule has 4 heteroatoms. The van der Waals surface area contributed by atoms with Crippen LogP contribution in [0.25, 0.3) is 0 Å². The number of hydrogen-bond acceptors (Lipinski definition) is 3. The second-order valence-electron chi connectivity index (χ2n) is 5.35. The molecule has 2 aromatic rings. The molecule has 0 spiro atoms. The number of aromatic nitrogens is 1. The van der Waals surface area contributed by atoms with Crippen LogP contribution in [0.1, 0.15) is 57.7 Å². The van der Waals surface area contributed by atoms with Gasteiger partial charge in [0, 0.05) is 5.92 Å². The highest BCUT2D eigenvalue weighted by Crippen LogP contribution is 2.42. The Bertz CT molecular complexity index is 617. The van der Waals surface area contributed by atoms with Crippen molar-refractivity contribution in [3.05, 3.63) is 51.5 Å². The third-order valence-electron chi connectivity index (χ3n) is 3.59. The summed E-state index contributed by atoms with van der Waals surface area (Å²) in [6.07, 6.45) is 2.43. The maximum Gasteiger partial charge on any atom is 0.263 e. The lowest BCUT2D eigenvalue weighted by atomic mass is 10.1. The Morgan fingerprint density at radius 2 is 2.05 bits per heavy atom. The molecule has 1 amide bonds. The number of carbonyl (C=O) groups is 1. The molecule has 0 aliphatic heterocycles. The van der Waals surface area contributed by atoms with Gasteiger partial charge in [-0.3, -0.25) is 4.79 Å². The van der Waals surface area contributed by atoms with Crippen LogP contribution in [0.15, 0.2) is 30.3 Å². The maximum absolute atomic E-state index is 12.4. The molecular formula is C16H18N2OS. The normalized spacial score (nSPS) is 15.9. The van der Waals surface area contributed by atoms with E-state index in [9.17, 15) is 4.79 Å². The summed E-state index contributed by atoms with van der Waals surface area (Å²) < 4.78 is 0. The minimum absolute atomic E-state index is 0.00887. The predicted octanol–water partition coefficient (Wildman–Crippen LogP) is 3.82. The summed E-state index contributed by atoms with van der Waals surface area (Å²) in [5.74, 6) is 0.593. The highest BCUT2D eigenvalue weighted by molar-refractivity contribution is 7.13. The van der Waals surface area contributed by atoms with E-state index in [2.05, 4.69) is 10.3 Å². The molecule has 1 fully saturated rings. The van der Waals surface area contributed by atoms with Crippen molar-refractivity contribution in [3.8, 4) is 0 Å². The fraction of sp³-hybridized carbons (Fsp3) is 0.375. The van der Waals surface area contributed by atoms with Crippen molar-refractivity contribution >= 4 is 17.2 Å². The number of nitrogens with zero attached hydrogens (tertiary/aromatic N) is 1. The van der Waals surface area contributed by atoms with E-state index in [-0.39, 0.29) is 11.9 Å². The Labute approximate surface area is 123 Å². The van der Waals surface area contributed by atoms with E-state index in [0.717, 1.165) is 21.1 Å². The van der Waals surface area contributed by atoms with Gasteiger partial charge in [-0.2, -0.15) is 0 Å². The Balaban J connectivity index is 1.72. The number of hydrogen-bond donors (Lipinski definition) is 1. The van der Waals surface area contributed by atoms with Crippen LogP contribution in [0, 0.1) is 6.92 Å². The summed E-state index contributed by atoms with van der Waals surface area (Å²) in [5, 5.41) is 4.18. The minimum Gasteiger partial charge on any atom is -0.345 e. The lowest BCUT2D eigenvalue weighted by molar-refractivity contribution is 0.0943. The first kappa shape index (κ1) is 13.3. The molecule has 1 N–H and O–H groups in total. The average molecular weight is 286 g/mol. The second kappa shape index (κ2) is 5.37. The molecule has 1 aliphatic carbocycles. The molecule has 1 aliphatic rings. The smallest absolute Gasteiger partial charge is 0.263 e. The van der Waals surface area contributed by atoms with Crippen molar-refractivity contribution in [2.75, 3.05) is 0 Å². The summed E-state index contributed by atoms with van der Waals surface area (Å²) in [5.41, 5.74) is 1.97. The first-order chi connectivity index (χ1) is 9.65. The first-order valence-corrected chi connectivity index (χ1v) is 7.80. The highest BCUT2D eigenvalue weighted by Gasteiger charge is 2.29. The SMILES string of the molecule is Cc1nc(C2CC2)sc1C(=O)NC(C)c1ccccc1. The van der Waals surface area contributed by atoms with E-state index >= 15 is 0 Å². The molecule has 1 saturated carbocycles. The minimum atomic E-state index is -0.0109. The van der Waals surface area contributed by atoms with Gasteiger partial charge in [-0.05, 0) is 32.3 Å². The predicted molar refractivity (Wildman–Crippen MR) is 81.1 cm³/mol. The fourth-order valence-electron chi connectivity index (χ4n) is 2.22. The van der Waals surface area contributed by atoms with E-state index in [1.54, 1.807) is 11.3 Å². The molecule has 104 valence electrons. The Morgan fingerprint density at radius 1 is 1.35 bits per heavy atom. The maximum atomic E-state index is 12.4. The fourth-order valence-corrected chi connectivity index (χ4v) is 3.36. The summed E-state index contributed by atoms with van der Waals surface area (Å²) in [6, 6.07) is 10.0. The second-order valence-corrected chi connectivity index (χ2v) is 6.38. The van der Waals surface area contributed by atoms with Gasteiger partial charge in [-0.1, -0.05) is 30.3 Å². The van der Waals surface area contributed by atoms with Crippen LogP contribution in [0.5, 0.6) is 0 Å². The van der Waals surface area contributed by atoms with Gasteiger partial charge >= 0.3 is 0 Å². The molecule has 1 atom stereocenters. The lowest BCUT2D eigenvalue weighted by Crippen LogP contribution is -2.26. The van der Waals surface area contributed by atoms with E-state index in [0.29, 0.717) is 5.92 Å². The third-order valence-corrected chi connectivity index (χ3v) is 4.91. The van der Waals surface area contributed by atoms with Crippen LogP contribution in [0.4, 0.5) is 0 Å². The zero-order valence-corrected chi connectivity index (χ0v) is 12.5. The number of aryl methyl sites for hydroxylation is 1. The quantitative estimate of drug-likeness (QED) is 0.928. The van der Waals surface area contributed by atoms with E-state index in [4.69, 9.17) is 0 Å². The van der Waals surface area contributed by atoms with Gasteiger partial charge in [0.25, 0.3) is 5.91 Å². The molecule has 1 heterocycles. The molecule has 0 saturated heterocycles. The van der Waals surface area contributed by atoms with Crippen LogP contribution < -0.4 is 5.32 Å². The van der Waals surface area contributed by atoms with Crippen molar-refractivity contribution in [2.24, 2.45) is 0 Å². The molecule has 0 radical (unpaired) electrons. The molecule has 1 unspecified atom stereocenters. The van der Waals surface area contributed by atoms with E-state index in [1.165, 1.54) is 12.8 Å². The molecule has 3 nitrogen and oxygen atoms in total. The van der Waals surface area contributed by atoms with Crippen LogP contribution in [0.2, 0.25) is 0 Å². The lowest BCUT2D eigenvalue weighted by Gasteiger charge is -2.13. The highest BCUT2D eigenvalue weighted by atomic mass is 32.1. The largest absolute Gasteiger partial charge is 0.345 e. The van der Waals surface area contributed by atoms with Gasteiger partial charge < -0.3 is 5.32 Å². The monoisotopic (exact) mass is 286 g/mol. The third kappa shape index (κ3) is 2.75. The van der Waals surface area contributed by atoms with E-state index in [1.807, 2.05) is 44.2 Å². The average Bonchev–Trinajstić information content (AvgIpc) is 3.23. The van der Waals surface area contributed by atoms with Crippen molar-refractivity contribution in [1.29, 1.82) is 0 Å². The van der Waals surface area contributed by atoms with Gasteiger partial charge in [-0.15, -0.1) is 11.3 Å². The standard InChI is InChI=1S/C16H18N2OS/c1-10(12-6-4-3-5-7-12)17-15(19)14-11(2)18-16(20-14)13-8-9-13/h3-7,10,13H,8-9H2,1-2H3,(H,17,19). The van der Waals surface area contributed by atoms with Crippen molar-refractivity contribution in [2.45, 2.75) is 38.6 Å². The number of rotatable bonds is 4. The number of benzene rings is 1. The van der Waals surface area contributed by atoms with Gasteiger partial charge in [0.2, 0.25) is 0 Å². The zero-order valence-electron chi connectivity index (χ0n) is 11.7. The van der Waals surface area contributed by atoms with Gasteiger partial charge in [0.05, 0.1) is 16.7 Å². The first-order valence-electron chi connectivity index (χ1n) is 6.98. The van der Waals surface area contributed by atoms with E-state index < -0.39 is 0 Å². The molecule has 20 heavy (non-hydrogen) atoms. The van der Waals surface area contributed by atoms with Gasteiger partial charge in [0.15, 0.2) is 0 Å².